The Morgan fingerprint density at radius 3 is 2.50 bits per heavy atom. The molecule has 2 rings (SSSR count). The third kappa shape index (κ3) is 2.84. The molecular formula is C14H18N4. The number of aryl methyl sites for hydroxylation is 2. The van der Waals surface area contributed by atoms with Crippen LogP contribution in [0, 0.1) is 13.8 Å². The number of anilines is 1. The first-order chi connectivity index (χ1) is 8.70. The number of hydrogen-bond acceptors (Lipinski definition) is 4. The van der Waals surface area contributed by atoms with Crippen molar-refractivity contribution in [2.24, 2.45) is 5.73 Å². The molecule has 0 saturated carbocycles. The van der Waals surface area contributed by atoms with Crippen LogP contribution in [-0.2, 0) is 0 Å². The summed E-state index contributed by atoms with van der Waals surface area (Å²) >= 11 is 0. The third-order valence-corrected chi connectivity index (χ3v) is 2.77. The van der Waals surface area contributed by atoms with Crippen molar-refractivity contribution in [2.45, 2.75) is 13.8 Å². The predicted molar refractivity (Wildman–Crippen MR) is 74.5 cm³/mol. The van der Waals surface area contributed by atoms with E-state index in [9.17, 15) is 0 Å². The van der Waals surface area contributed by atoms with Crippen molar-refractivity contribution in [3.63, 3.8) is 0 Å². The van der Waals surface area contributed by atoms with E-state index >= 15 is 0 Å². The zero-order chi connectivity index (χ0) is 13.0. The van der Waals surface area contributed by atoms with Gasteiger partial charge < -0.3 is 11.1 Å². The van der Waals surface area contributed by atoms with Crippen LogP contribution in [0.5, 0.6) is 0 Å². The molecule has 0 unspecified atom stereocenters. The molecule has 0 aliphatic rings. The normalized spacial score (nSPS) is 10.4. The van der Waals surface area contributed by atoms with Gasteiger partial charge in [0.25, 0.3) is 0 Å². The monoisotopic (exact) mass is 242 g/mol. The Morgan fingerprint density at radius 2 is 1.89 bits per heavy atom. The summed E-state index contributed by atoms with van der Waals surface area (Å²) in [5.41, 5.74) is 10.1. The van der Waals surface area contributed by atoms with Gasteiger partial charge in [-0.2, -0.15) is 0 Å². The molecule has 0 spiro atoms. The zero-order valence-electron chi connectivity index (χ0n) is 10.8. The minimum absolute atomic E-state index is 0.572. The Kier molecular flexibility index (Phi) is 3.89. The number of benzene rings is 1. The number of rotatable bonds is 4. The van der Waals surface area contributed by atoms with Crippen molar-refractivity contribution in [3.8, 4) is 11.1 Å². The van der Waals surface area contributed by atoms with Gasteiger partial charge in [0.1, 0.15) is 0 Å². The van der Waals surface area contributed by atoms with Crippen LogP contribution in [0.4, 0.5) is 5.95 Å². The Bertz CT molecular complexity index is 520. The highest BCUT2D eigenvalue weighted by atomic mass is 15.1. The van der Waals surface area contributed by atoms with Crippen molar-refractivity contribution >= 4 is 5.95 Å². The molecule has 0 saturated heterocycles. The Labute approximate surface area is 107 Å². The molecule has 0 fully saturated rings. The number of nitrogens with two attached hydrogens (primary N) is 1. The van der Waals surface area contributed by atoms with Crippen molar-refractivity contribution < 1.29 is 0 Å². The predicted octanol–water partition coefficient (Wildman–Crippen LogP) is 2.13. The Balaban J connectivity index is 2.23. The summed E-state index contributed by atoms with van der Waals surface area (Å²) in [6.45, 7) is 5.45. The van der Waals surface area contributed by atoms with E-state index in [1.165, 1.54) is 16.7 Å². The molecule has 1 heterocycles. The van der Waals surface area contributed by atoms with Crippen molar-refractivity contribution in [3.05, 3.63) is 41.7 Å². The van der Waals surface area contributed by atoms with Gasteiger partial charge in [0.15, 0.2) is 0 Å². The average Bonchev–Trinajstić information content (AvgIpc) is 2.37. The number of nitrogens with one attached hydrogen (secondary N) is 1. The van der Waals surface area contributed by atoms with Gasteiger partial charge in [0.05, 0.1) is 0 Å². The minimum atomic E-state index is 0.572. The summed E-state index contributed by atoms with van der Waals surface area (Å²) in [6, 6.07) is 6.37. The molecule has 2 aromatic rings. The number of hydrogen-bond donors (Lipinski definition) is 2. The highest BCUT2D eigenvalue weighted by Gasteiger charge is 2.03. The van der Waals surface area contributed by atoms with Gasteiger partial charge in [-0.3, -0.25) is 0 Å². The molecule has 1 aromatic carbocycles. The zero-order valence-corrected chi connectivity index (χ0v) is 10.8. The van der Waals surface area contributed by atoms with E-state index < -0.39 is 0 Å². The van der Waals surface area contributed by atoms with Crippen LogP contribution in [0.15, 0.2) is 30.6 Å². The first kappa shape index (κ1) is 12.5. The maximum Gasteiger partial charge on any atom is 0.222 e. The van der Waals surface area contributed by atoms with E-state index in [1.54, 1.807) is 0 Å². The highest BCUT2D eigenvalue weighted by Crippen LogP contribution is 2.23. The lowest BCUT2D eigenvalue weighted by molar-refractivity contribution is 0.989. The van der Waals surface area contributed by atoms with Gasteiger partial charge in [0, 0.05) is 31.0 Å². The summed E-state index contributed by atoms with van der Waals surface area (Å²) in [4.78, 5) is 8.56. The second kappa shape index (κ2) is 5.60. The van der Waals surface area contributed by atoms with Gasteiger partial charge in [0.2, 0.25) is 5.95 Å². The van der Waals surface area contributed by atoms with Crippen LogP contribution < -0.4 is 11.1 Å². The van der Waals surface area contributed by atoms with Gasteiger partial charge >= 0.3 is 0 Å². The quantitative estimate of drug-likeness (QED) is 0.862. The molecule has 18 heavy (non-hydrogen) atoms. The molecule has 0 atom stereocenters. The van der Waals surface area contributed by atoms with E-state index in [0.29, 0.717) is 19.0 Å². The summed E-state index contributed by atoms with van der Waals surface area (Å²) < 4.78 is 0. The largest absolute Gasteiger partial charge is 0.353 e. The molecule has 0 bridgehead atoms. The van der Waals surface area contributed by atoms with Crippen LogP contribution >= 0.6 is 0 Å². The highest BCUT2D eigenvalue weighted by molar-refractivity contribution is 5.66. The lowest BCUT2D eigenvalue weighted by atomic mass is 10.0. The van der Waals surface area contributed by atoms with E-state index in [-0.39, 0.29) is 0 Å². The molecule has 0 aliphatic carbocycles. The van der Waals surface area contributed by atoms with Crippen LogP contribution in [0.2, 0.25) is 0 Å². The van der Waals surface area contributed by atoms with Crippen molar-refractivity contribution in [1.29, 1.82) is 0 Å². The summed E-state index contributed by atoms with van der Waals surface area (Å²) in [6.07, 6.45) is 3.67. The second-order valence-electron chi connectivity index (χ2n) is 4.33. The van der Waals surface area contributed by atoms with E-state index in [1.807, 2.05) is 12.4 Å². The van der Waals surface area contributed by atoms with E-state index in [0.717, 1.165) is 5.56 Å². The maximum absolute atomic E-state index is 5.41. The lowest BCUT2D eigenvalue weighted by Gasteiger charge is -2.07. The first-order valence-corrected chi connectivity index (χ1v) is 6.04. The summed E-state index contributed by atoms with van der Waals surface area (Å²) in [5, 5.41) is 3.05. The van der Waals surface area contributed by atoms with Crippen LogP contribution in [-0.4, -0.2) is 23.1 Å². The minimum Gasteiger partial charge on any atom is -0.353 e. The summed E-state index contributed by atoms with van der Waals surface area (Å²) in [5.74, 6) is 0.619. The smallest absolute Gasteiger partial charge is 0.222 e. The molecule has 1 aromatic heterocycles. The van der Waals surface area contributed by atoms with Crippen LogP contribution in [0.1, 0.15) is 11.1 Å². The fourth-order valence-corrected chi connectivity index (χ4v) is 1.88. The second-order valence-corrected chi connectivity index (χ2v) is 4.33. The van der Waals surface area contributed by atoms with Crippen LogP contribution in [0.3, 0.4) is 0 Å². The first-order valence-electron chi connectivity index (χ1n) is 6.04. The Hall–Kier alpha value is -1.94. The molecule has 3 N–H and O–H groups in total. The molecule has 0 aliphatic heterocycles. The molecule has 0 amide bonds. The SMILES string of the molecule is Cc1ccc(-c2cnc(NCCN)nc2)c(C)c1. The fraction of sp³-hybridized carbons (Fsp3) is 0.286. The standard InChI is InChI=1S/C14H18N4/c1-10-3-4-13(11(2)7-10)12-8-17-14(18-9-12)16-6-5-15/h3-4,7-9H,5-6,15H2,1-2H3,(H,16,17,18). The van der Waals surface area contributed by atoms with Gasteiger partial charge in [-0.05, 0) is 25.0 Å². The topological polar surface area (TPSA) is 63.8 Å². The molecule has 94 valence electrons. The molecule has 4 heteroatoms. The van der Waals surface area contributed by atoms with Crippen LogP contribution in [0.25, 0.3) is 11.1 Å². The third-order valence-electron chi connectivity index (χ3n) is 2.77. The van der Waals surface area contributed by atoms with Crippen molar-refractivity contribution in [2.75, 3.05) is 18.4 Å². The van der Waals surface area contributed by atoms with Gasteiger partial charge in [-0.15, -0.1) is 0 Å². The molecule has 4 nitrogen and oxygen atoms in total. The van der Waals surface area contributed by atoms with Gasteiger partial charge in [-0.1, -0.05) is 23.8 Å². The Morgan fingerprint density at radius 1 is 1.17 bits per heavy atom. The number of nitrogens with zero attached hydrogens (tertiary/aromatic N) is 2. The number of aromatic nitrogens is 2. The van der Waals surface area contributed by atoms with Gasteiger partial charge in [-0.25, -0.2) is 9.97 Å². The lowest BCUT2D eigenvalue weighted by Crippen LogP contribution is -2.14. The average molecular weight is 242 g/mol. The maximum atomic E-state index is 5.41. The van der Waals surface area contributed by atoms with Crippen molar-refractivity contribution in [1.82, 2.24) is 9.97 Å². The van der Waals surface area contributed by atoms with E-state index in [2.05, 4.69) is 47.3 Å². The van der Waals surface area contributed by atoms with E-state index in [4.69, 9.17) is 5.73 Å². The fourth-order valence-electron chi connectivity index (χ4n) is 1.88. The summed E-state index contributed by atoms with van der Waals surface area (Å²) in [7, 11) is 0. The molecular weight excluding hydrogens is 224 g/mol. The molecule has 0 radical (unpaired) electrons.